The van der Waals surface area contributed by atoms with Gasteiger partial charge in [-0.05, 0) is 19.8 Å². The standard InChI is InChI=1S/C13H24O4/c1-7-10(4)8-16-12(15)13(5,6)17-11(14)9(2)3/h9-10H,7-8H2,1-6H3. The van der Waals surface area contributed by atoms with Gasteiger partial charge in [-0.25, -0.2) is 4.79 Å². The van der Waals surface area contributed by atoms with Crippen LogP contribution >= 0.6 is 0 Å². The summed E-state index contributed by atoms with van der Waals surface area (Å²) in [5, 5.41) is 0. The van der Waals surface area contributed by atoms with E-state index in [1.54, 1.807) is 27.7 Å². The van der Waals surface area contributed by atoms with E-state index >= 15 is 0 Å². The molecule has 1 atom stereocenters. The highest BCUT2D eigenvalue weighted by Gasteiger charge is 2.34. The molecule has 0 heterocycles. The van der Waals surface area contributed by atoms with E-state index in [2.05, 4.69) is 0 Å². The zero-order chi connectivity index (χ0) is 13.6. The van der Waals surface area contributed by atoms with Crippen molar-refractivity contribution in [2.45, 2.75) is 53.6 Å². The van der Waals surface area contributed by atoms with E-state index in [9.17, 15) is 9.59 Å². The van der Waals surface area contributed by atoms with Gasteiger partial charge in [0.2, 0.25) is 5.60 Å². The van der Waals surface area contributed by atoms with Crippen LogP contribution in [0.4, 0.5) is 0 Å². The molecule has 0 aromatic carbocycles. The van der Waals surface area contributed by atoms with Gasteiger partial charge in [-0.3, -0.25) is 4.79 Å². The molecule has 0 saturated heterocycles. The number of hydrogen-bond donors (Lipinski definition) is 0. The molecule has 0 radical (unpaired) electrons. The molecule has 4 nitrogen and oxygen atoms in total. The van der Waals surface area contributed by atoms with Crippen molar-refractivity contribution < 1.29 is 19.1 Å². The summed E-state index contributed by atoms with van der Waals surface area (Å²) in [5.41, 5.74) is -1.21. The smallest absolute Gasteiger partial charge is 0.350 e. The molecule has 0 saturated carbocycles. The zero-order valence-corrected chi connectivity index (χ0v) is 11.7. The predicted octanol–water partition coefficient (Wildman–Crippen LogP) is 2.55. The van der Waals surface area contributed by atoms with Crippen LogP contribution in [0.3, 0.4) is 0 Å². The summed E-state index contributed by atoms with van der Waals surface area (Å²) in [4.78, 5) is 23.2. The van der Waals surface area contributed by atoms with Gasteiger partial charge in [0, 0.05) is 0 Å². The molecule has 0 rings (SSSR count). The minimum Gasteiger partial charge on any atom is -0.462 e. The van der Waals surface area contributed by atoms with Crippen LogP contribution in [0, 0.1) is 11.8 Å². The van der Waals surface area contributed by atoms with Crippen molar-refractivity contribution in [2.24, 2.45) is 11.8 Å². The Hall–Kier alpha value is -1.06. The fraction of sp³-hybridized carbons (Fsp3) is 0.846. The van der Waals surface area contributed by atoms with Crippen LogP contribution in [0.2, 0.25) is 0 Å². The van der Waals surface area contributed by atoms with Gasteiger partial charge >= 0.3 is 11.9 Å². The first-order chi connectivity index (χ1) is 7.70. The lowest BCUT2D eigenvalue weighted by molar-refractivity contribution is -0.181. The lowest BCUT2D eigenvalue weighted by atomic mass is 10.1. The molecule has 0 bridgehead atoms. The SMILES string of the molecule is CCC(C)COC(=O)C(C)(C)OC(=O)C(C)C. The van der Waals surface area contributed by atoms with Crippen molar-refractivity contribution in [3.05, 3.63) is 0 Å². The molecular weight excluding hydrogens is 220 g/mol. The normalized spacial score (nSPS) is 13.4. The third-order valence-electron chi connectivity index (χ3n) is 2.51. The van der Waals surface area contributed by atoms with Gasteiger partial charge in [-0.15, -0.1) is 0 Å². The minimum absolute atomic E-state index is 0.253. The van der Waals surface area contributed by atoms with E-state index in [1.165, 1.54) is 0 Å². The molecule has 0 aliphatic carbocycles. The molecule has 0 aromatic rings. The van der Waals surface area contributed by atoms with E-state index in [-0.39, 0.29) is 5.92 Å². The van der Waals surface area contributed by atoms with E-state index in [0.29, 0.717) is 12.5 Å². The lowest BCUT2D eigenvalue weighted by Crippen LogP contribution is -2.40. The van der Waals surface area contributed by atoms with E-state index < -0.39 is 17.5 Å². The van der Waals surface area contributed by atoms with Crippen molar-refractivity contribution in [3.63, 3.8) is 0 Å². The monoisotopic (exact) mass is 244 g/mol. The second kappa shape index (κ2) is 6.62. The molecule has 0 aliphatic rings. The van der Waals surface area contributed by atoms with Crippen molar-refractivity contribution >= 4 is 11.9 Å². The second-order valence-electron chi connectivity index (χ2n) is 5.20. The average Bonchev–Trinajstić information content (AvgIpc) is 2.24. The number of esters is 2. The topological polar surface area (TPSA) is 52.6 Å². The van der Waals surface area contributed by atoms with Gasteiger partial charge in [-0.2, -0.15) is 0 Å². The van der Waals surface area contributed by atoms with Gasteiger partial charge < -0.3 is 9.47 Å². The molecule has 0 N–H and O–H groups in total. The number of ether oxygens (including phenoxy) is 2. The van der Waals surface area contributed by atoms with Gasteiger partial charge in [-0.1, -0.05) is 34.1 Å². The molecule has 17 heavy (non-hydrogen) atoms. The number of carbonyl (C=O) groups excluding carboxylic acids is 2. The first kappa shape index (κ1) is 15.9. The van der Waals surface area contributed by atoms with Crippen molar-refractivity contribution in [1.82, 2.24) is 0 Å². The maximum Gasteiger partial charge on any atom is 0.350 e. The minimum atomic E-state index is -1.21. The Kier molecular flexibility index (Phi) is 6.21. The lowest BCUT2D eigenvalue weighted by Gasteiger charge is -2.24. The zero-order valence-electron chi connectivity index (χ0n) is 11.7. The maximum atomic E-state index is 11.7. The Balaban J connectivity index is 4.30. The summed E-state index contributed by atoms with van der Waals surface area (Å²) < 4.78 is 10.2. The van der Waals surface area contributed by atoms with Crippen LogP contribution in [-0.2, 0) is 19.1 Å². The molecule has 100 valence electrons. The third-order valence-corrected chi connectivity index (χ3v) is 2.51. The third kappa shape index (κ3) is 5.71. The number of hydrogen-bond acceptors (Lipinski definition) is 4. The molecular formula is C13H24O4. The van der Waals surface area contributed by atoms with Crippen LogP contribution in [0.1, 0.15) is 48.0 Å². The van der Waals surface area contributed by atoms with E-state index in [0.717, 1.165) is 6.42 Å². The van der Waals surface area contributed by atoms with E-state index in [1.807, 2.05) is 13.8 Å². The largest absolute Gasteiger partial charge is 0.462 e. The van der Waals surface area contributed by atoms with Gasteiger partial charge in [0.25, 0.3) is 0 Å². The average molecular weight is 244 g/mol. The maximum absolute atomic E-state index is 11.7. The summed E-state index contributed by atoms with van der Waals surface area (Å²) in [6, 6.07) is 0. The highest BCUT2D eigenvalue weighted by atomic mass is 16.6. The molecule has 0 spiro atoms. The van der Waals surface area contributed by atoms with Crippen LogP contribution in [0.25, 0.3) is 0 Å². The van der Waals surface area contributed by atoms with Crippen LogP contribution < -0.4 is 0 Å². The molecule has 0 amide bonds. The second-order valence-corrected chi connectivity index (χ2v) is 5.20. The summed E-state index contributed by atoms with van der Waals surface area (Å²) in [5.74, 6) is -0.825. The van der Waals surface area contributed by atoms with Gasteiger partial charge in [0.05, 0.1) is 12.5 Å². The Morgan fingerprint density at radius 2 is 1.71 bits per heavy atom. The molecule has 4 heteroatoms. The fourth-order valence-corrected chi connectivity index (χ4v) is 0.921. The van der Waals surface area contributed by atoms with Crippen LogP contribution in [-0.4, -0.2) is 24.1 Å². The van der Waals surface area contributed by atoms with Crippen LogP contribution in [0.5, 0.6) is 0 Å². The van der Waals surface area contributed by atoms with E-state index in [4.69, 9.17) is 9.47 Å². The summed E-state index contributed by atoms with van der Waals surface area (Å²) in [7, 11) is 0. The molecule has 1 unspecified atom stereocenters. The number of rotatable bonds is 6. The van der Waals surface area contributed by atoms with Crippen LogP contribution in [0.15, 0.2) is 0 Å². The summed E-state index contributed by atoms with van der Waals surface area (Å²) in [6.07, 6.45) is 0.944. The van der Waals surface area contributed by atoms with Gasteiger partial charge in [0.15, 0.2) is 0 Å². The Morgan fingerprint density at radius 3 is 2.12 bits per heavy atom. The fourth-order valence-electron chi connectivity index (χ4n) is 0.921. The molecule has 0 fully saturated rings. The Morgan fingerprint density at radius 1 is 1.18 bits per heavy atom. The number of carbonyl (C=O) groups is 2. The molecule has 0 aliphatic heterocycles. The Labute approximate surface area is 104 Å². The highest BCUT2D eigenvalue weighted by molar-refractivity contribution is 5.83. The summed E-state index contributed by atoms with van der Waals surface area (Å²) >= 11 is 0. The Bertz CT molecular complexity index is 269. The van der Waals surface area contributed by atoms with Crippen molar-refractivity contribution in [3.8, 4) is 0 Å². The van der Waals surface area contributed by atoms with Crippen molar-refractivity contribution in [2.75, 3.05) is 6.61 Å². The predicted molar refractivity (Wildman–Crippen MR) is 65.4 cm³/mol. The first-order valence-corrected chi connectivity index (χ1v) is 6.10. The first-order valence-electron chi connectivity index (χ1n) is 6.10. The quantitative estimate of drug-likeness (QED) is 0.674. The van der Waals surface area contributed by atoms with Gasteiger partial charge in [0.1, 0.15) is 0 Å². The van der Waals surface area contributed by atoms with Crippen molar-refractivity contribution in [1.29, 1.82) is 0 Å². The molecule has 0 aromatic heterocycles. The highest BCUT2D eigenvalue weighted by Crippen LogP contribution is 2.15. The summed E-state index contributed by atoms with van der Waals surface area (Å²) in [6.45, 7) is 10.9.